The highest BCUT2D eigenvalue weighted by Crippen LogP contribution is 2.13. The summed E-state index contributed by atoms with van der Waals surface area (Å²) in [5.74, 6) is -0.925. The number of hydrogen-bond acceptors (Lipinski definition) is 8. The number of esters is 2. The summed E-state index contributed by atoms with van der Waals surface area (Å²) in [6, 6.07) is 0. The molecule has 0 aromatic carbocycles. The summed E-state index contributed by atoms with van der Waals surface area (Å²) >= 11 is 0. The first-order chi connectivity index (χ1) is 21.8. The Kier molecular flexibility index (Phi) is 30.1. The van der Waals surface area contributed by atoms with Crippen molar-refractivity contribution in [2.45, 2.75) is 160 Å². The van der Waals surface area contributed by atoms with E-state index in [9.17, 15) is 30.0 Å². The van der Waals surface area contributed by atoms with Gasteiger partial charge in [-0.15, -0.1) is 0 Å². The molecule has 8 heteroatoms. The van der Waals surface area contributed by atoms with Crippen molar-refractivity contribution < 1.29 is 39.5 Å². The maximum atomic E-state index is 12.1. The molecule has 4 N–H and O–H groups in total. The van der Waals surface area contributed by atoms with Gasteiger partial charge in [0.05, 0.1) is 24.9 Å². The first-order valence-corrected chi connectivity index (χ1v) is 17.5. The second kappa shape index (κ2) is 31.7. The third kappa shape index (κ3) is 28.9. The van der Waals surface area contributed by atoms with Crippen LogP contribution < -0.4 is 0 Å². The minimum absolute atomic E-state index is 0.0316. The quantitative estimate of drug-likeness (QED) is 0.0370. The average Bonchev–Trinajstić information content (AvgIpc) is 3.02. The summed E-state index contributed by atoms with van der Waals surface area (Å²) < 4.78 is 10.4. The Hall–Kier alpha value is -2.26. The lowest BCUT2D eigenvalue weighted by molar-refractivity contribution is -0.161. The number of rotatable bonds is 30. The fraction of sp³-hybridized carbons (Fsp3) is 0.730. The third-order valence-corrected chi connectivity index (χ3v) is 7.49. The van der Waals surface area contributed by atoms with Crippen molar-refractivity contribution >= 4 is 11.9 Å². The molecule has 0 saturated heterocycles. The molecule has 0 aliphatic rings. The smallest absolute Gasteiger partial charge is 0.306 e. The molecular weight excluding hydrogens is 572 g/mol. The summed E-state index contributed by atoms with van der Waals surface area (Å²) in [5.41, 5.74) is 0. The number of hydrogen-bond donors (Lipinski definition) is 4. The lowest BCUT2D eigenvalue weighted by Gasteiger charge is -2.16. The van der Waals surface area contributed by atoms with Crippen molar-refractivity contribution in [3.63, 3.8) is 0 Å². The Morgan fingerprint density at radius 3 is 1.71 bits per heavy atom. The van der Waals surface area contributed by atoms with Gasteiger partial charge in [-0.1, -0.05) is 146 Å². The van der Waals surface area contributed by atoms with Gasteiger partial charge in [0, 0.05) is 12.8 Å². The topological polar surface area (TPSA) is 134 Å². The summed E-state index contributed by atoms with van der Waals surface area (Å²) in [5, 5.41) is 39.6. The van der Waals surface area contributed by atoms with Gasteiger partial charge < -0.3 is 29.9 Å². The van der Waals surface area contributed by atoms with Crippen molar-refractivity contribution in [3.05, 3.63) is 48.6 Å². The van der Waals surface area contributed by atoms with Crippen LogP contribution in [0.4, 0.5) is 0 Å². The lowest BCUT2D eigenvalue weighted by Crippen LogP contribution is -2.28. The van der Waals surface area contributed by atoms with Crippen LogP contribution in [0.1, 0.15) is 136 Å². The molecular formula is C37H64O8. The van der Waals surface area contributed by atoms with Crippen molar-refractivity contribution in [1.29, 1.82) is 0 Å². The number of aliphatic hydroxyl groups is 4. The van der Waals surface area contributed by atoms with Gasteiger partial charge in [0.25, 0.3) is 0 Å². The zero-order valence-corrected chi connectivity index (χ0v) is 28.2. The molecule has 0 fully saturated rings. The van der Waals surface area contributed by atoms with Gasteiger partial charge in [0.15, 0.2) is 6.10 Å². The van der Waals surface area contributed by atoms with Gasteiger partial charge in [-0.25, -0.2) is 0 Å². The maximum Gasteiger partial charge on any atom is 0.306 e. The lowest BCUT2D eigenvalue weighted by atomic mass is 10.1. The summed E-state index contributed by atoms with van der Waals surface area (Å²) in [6.45, 7) is 3.70. The van der Waals surface area contributed by atoms with Crippen molar-refractivity contribution in [3.8, 4) is 0 Å². The van der Waals surface area contributed by atoms with Gasteiger partial charge in [-0.3, -0.25) is 9.59 Å². The molecule has 0 spiro atoms. The molecule has 0 amide bonds. The highest BCUT2D eigenvalue weighted by molar-refractivity contribution is 5.70. The second-order valence-electron chi connectivity index (χ2n) is 11.8. The molecule has 0 unspecified atom stereocenters. The van der Waals surface area contributed by atoms with Crippen LogP contribution in [0.25, 0.3) is 0 Å². The normalized spacial score (nSPS) is 14.9. The van der Waals surface area contributed by atoms with E-state index in [0.717, 1.165) is 44.9 Å². The summed E-state index contributed by atoms with van der Waals surface area (Å²) in [6.07, 6.45) is 28.3. The van der Waals surface area contributed by atoms with E-state index >= 15 is 0 Å². The van der Waals surface area contributed by atoms with Crippen LogP contribution in [-0.4, -0.2) is 70.0 Å². The average molecular weight is 637 g/mol. The Labute approximate surface area is 273 Å². The molecule has 0 bridgehead atoms. The van der Waals surface area contributed by atoms with E-state index in [0.29, 0.717) is 6.42 Å². The zero-order chi connectivity index (χ0) is 33.4. The van der Waals surface area contributed by atoms with Crippen LogP contribution in [-0.2, 0) is 19.1 Å². The SMILES string of the molecule is CCCCCCCCCCCCCC(=O)O[C@@H](CO)COC(=O)CCC[C@@H](O)[C@H](O)/C=C/C=C/C=C\C=C\[C@H](O)CCCCC. The van der Waals surface area contributed by atoms with Crippen LogP contribution in [0.3, 0.4) is 0 Å². The number of aliphatic hydroxyl groups excluding tert-OH is 4. The van der Waals surface area contributed by atoms with E-state index in [-0.39, 0.29) is 25.9 Å². The molecule has 0 aliphatic carbocycles. The molecule has 0 aliphatic heterocycles. The fourth-order valence-electron chi connectivity index (χ4n) is 4.64. The van der Waals surface area contributed by atoms with Crippen LogP contribution in [0.2, 0.25) is 0 Å². The highest BCUT2D eigenvalue weighted by atomic mass is 16.6. The Morgan fingerprint density at radius 2 is 1.11 bits per heavy atom. The van der Waals surface area contributed by atoms with E-state index in [2.05, 4.69) is 13.8 Å². The van der Waals surface area contributed by atoms with Crippen molar-refractivity contribution in [2.24, 2.45) is 0 Å². The predicted octanol–water partition coefficient (Wildman–Crippen LogP) is 7.19. The Balaban J connectivity index is 3.99. The van der Waals surface area contributed by atoms with Gasteiger partial charge in [0.1, 0.15) is 6.61 Å². The molecule has 8 nitrogen and oxygen atoms in total. The van der Waals surface area contributed by atoms with E-state index in [1.165, 1.54) is 57.4 Å². The monoisotopic (exact) mass is 636 g/mol. The minimum atomic E-state index is -1.08. The van der Waals surface area contributed by atoms with E-state index in [1.807, 2.05) is 6.08 Å². The standard InChI is InChI=1S/C37H64O8/c1-3-5-7-8-9-10-11-12-13-18-22-28-37(43)45-33(30-38)31-44-36(42)29-23-27-35(41)34(40)26-21-17-15-14-16-20-25-32(39)24-19-6-4-2/h14-17,20-21,25-26,32-35,38-41H,3-13,18-19,22-24,27-31H2,1-2H3/b16-14-,17-15+,25-20+,26-21+/t32-,33+,34-,35-/m1/s1. The number of allylic oxidation sites excluding steroid dienone is 6. The zero-order valence-electron chi connectivity index (χ0n) is 28.2. The molecule has 45 heavy (non-hydrogen) atoms. The number of ether oxygens (including phenoxy) is 2. The first kappa shape index (κ1) is 42.7. The molecule has 0 saturated carbocycles. The molecule has 4 atom stereocenters. The number of carbonyl (C=O) groups is 2. The molecule has 0 heterocycles. The van der Waals surface area contributed by atoms with Gasteiger partial charge in [-0.2, -0.15) is 0 Å². The highest BCUT2D eigenvalue weighted by Gasteiger charge is 2.17. The molecule has 0 aromatic rings. The fourth-order valence-corrected chi connectivity index (χ4v) is 4.64. The summed E-state index contributed by atoms with van der Waals surface area (Å²) in [7, 11) is 0. The van der Waals surface area contributed by atoms with E-state index < -0.39 is 43.0 Å². The van der Waals surface area contributed by atoms with E-state index in [1.54, 1.807) is 36.5 Å². The van der Waals surface area contributed by atoms with Gasteiger partial charge in [0.2, 0.25) is 0 Å². The van der Waals surface area contributed by atoms with Crippen LogP contribution >= 0.6 is 0 Å². The third-order valence-electron chi connectivity index (χ3n) is 7.49. The molecule has 260 valence electrons. The van der Waals surface area contributed by atoms with Crippen LogP contribution in [0.5, 0.6) is 0 Å². The summed E-state index contributed by atoms with van der Waals surface area (Å²) in [4.78, 5) is 24.2. The number of unbranched alkanes of at least 4 members (excludes halogenated alkanes) is 12. The van der Waals surface area contributed by atoms with Crippen LogP contribution in [0, 0.1) is 0 Å². The van der Waals surface area contributed by atoms with Gasteiger partial charge in [-0.05, 0) is 25.7 Å². The van der Waals surface area contributed by atoms with Crippen LogP contribution in [0.15, 0.2) is 48.6 Å². The largest absolute Gasteiger partial charge is 0.462 e. The molecule has 0 rings (SSSR count). The molecule has 0 radical (unpaired) electrons. The second-order valence-corrected chi connectivity index (χ2v) is 11.8. The van der Waals surface area contributed by atoms with Crippen molar-refractivity contribution in [2.75, 3.05) is 13.2 Å². The maximum absolute atomic E-state index is 12.1. The molecule has 0 aromatic heterocycles. The number of carbonyl (C=O) groups excluding carboxylic acids is 2. The Morgan fingerprint density at radius 1 is 0.600 bits per heavy atom. The van der Waals surface area contributed by atoms with Gasteiger partial charge >= 0.3 is 11.9 Å². The minimum Gasteiger partial charge on any atom is -0.462 e. The Bertz CT molecular complexity index is 819. The first-order valence-electron chi connectivity index (χ1n) is 17.5. The van der Waals surface area contributed by atoms with E-state index in [4.69, 9.17) is 9.47 Å². The van der Waals surface area contributed by atoms with Crippen molar-refractivity contribution in [1.82, 2.24) is 0 Å². The predicted molar refractivity (Wildman–Crippen MR) is 182 cm³/mol.